The summed E-state index contributed by atoms with van der Waals surface area (Å²) in [6.45, 7) is 3.43. The molecule has 0 radical (unpaired) electrons. The summed E-state index contributed by atoms with van der Waals surface area (Å²) in [4.78, 5) is 12.0. The van der Waals surface area contributed by atoms with Gasteiger partial charge in [-0.1, -0.05) is 0 Å². The van der Waals surface area contributed by atoms with Gasteiger partial charge in [-0.05, 0) is 30.7 Å². The maximum Gasteiger partial charge on any atom is 0.243 e. The summed E-state index contributed by atoms with van der Waals surface area (Å²) in [5.41, 5.74) is 1.69. The fourth-order valence-electron chi connectivity index (χ4n) is 2.28. The number of rotatable bonds is 3. The molecule has 3 rings (SSSR count). The number of hydrogen-bond donors (Lipinski definition) is 2. The molecule has 22 heavy (non-hydrogen) atoms. The van der Waals surface area contributed by atoms with Crippen LogP contribution in [0, 0.1) is 12.7 Å². The van der Waals surface area contributed by atoms with Crippen LogP contribution in [0.2, 0.25) is 0 Å². The summed E-state index contributed by atoms with van der Waals surface area (Å²) in [6.07, 6.45) is 3.39. The van der Waals surface area contributed by atoms with Crippen molar-refractivity contribution in [1.29, 1.82) is 0 Å². The molecule has 0 saturated carbocycles. The summed E-state index contributed by atoms with van der Waals surface area (Å²) in [5, 5.41) is 9.81. The van der Waals surface area contributed by atoms with E-state index >= 15 is 0 Å². The lowest BCUT2D eigenvalue weighted by atomic mass is 10.2. The highest BCUT2D eigenvalue weighted by atomic mass is 19.1. The Kier molecular flexibility index (Phi) is 4.17. The highest BCUT2D eigenvalue weighted by molar-refractivity contribution is 5.95. The smallest absolute Gasteiger partial charge is 0.243 e. The number of aromatic nitrogens is 2. The number of amides is 1. The maximum absolute atomic E-state index is 14.2. The van der Waals surface area contributed by atoms with Crippen LogP contribution in [0.4, 0.5) is 10.1 Å². The van der Waals surface area contributed by atoms with Gasteiger partial charge in [0.2, 0.25) is 5.91 Å². The number of benzene rings is 1. The van der Waals surface area contributed by atoms with Crippen molar-refractivity contribution < 1.29 is 13.9 Å². The van der Waals surface area contributed by atoms with Gasteiger partial charge in [0, 0.05) is 18.4 Å². The molecule has 116 valence electrons. The third kappa shape index (κ3) is 3.15. The van der Waals surface area contributed by atoms with Gasteiger partial charge in [-0.2, -0.15) is 5.10 Å². The van der Waals surface area contributed by atoms with E-state index < -0.39 is 11.9 Å². The number of carbonyl (C=O) groups excluding carboxylic acids is 1. The molecule has 2 N–H and O–H groups in total. The number of ether oxygens (including phenoxy) is 1. The minimum atomic E-state index is -0.450. The second kappa shape index (κ2) is 6.25. The average molecular weight is 304 g/mol. The van der Waals surface area contributed by atoms with Crippen molar-refractivity contribution in [2.75, 3.05) is 25.1 Å². The van der Waals surface area contributed by atoms with Crippen LogP contribution in [0.5, 0.6) is 0 Å². The minimum Gasteiger partial charge on any atom is -0.378 e. The molecule has 2 aromatic rings. The van der Waals surface area contributed by atoms with Crippen LogP contribution in [0.25, 0.3) is 5.69 Å². The molecule has 0 spiro atoms. The zero-order valence-corrected chi connectivity index (χ0v) is 12.2. The molecule has 1 unspecified atom stereocenters. The molecule has 2 heterocycles. The molecular weight excluding hydrogens is 287 g/mol. The lowest BCUT2D eigenvalue weighted by molar-refractivity contribution is -0.120. The molecule has 1 aliphatic rings. The number of carbonyl (C=O) groups is 1. The Morgan fingerprint density at radius 3 is 3.05 bits per heavy atom. The Morgan fingerprint density at radius 1 is 1.55 bits per heavy atom. The first-order chi connectivity index (χ1) is 10.6. The summed E-state index contributed by atoms with van der Waals surface area (Å²) in [6, 6.07) is 4.11. The van der Waals surface area contributed by atoms with Gasteiger partial charge >= 0.3 is 0 Å². The maximum atomic E-state index is 14.2. The van der Waals surface area contributed by atoms with E-state index in [1.54, 1.807) is 24.5 Å². The quantitative estimate of drug-likeness (QED) is 0.895. The Balaban J connectivity index is 1.73. The van der Waals surface area contributed by atoms with Gasteiger partial charge in [-0.15, -0.1) is 0 Å². The molecule has 0 bridgehead atoms. The van der Waals surface area contributed by atoms with Crippen molar-refractivity contribution in [2.24, 2.45) is 0 Å². The SMILES string of the molecule is Cc1cnn(-c2ccc(NC(=O)C3COCCN3)cc2F)c1. The summed E-state index contributed by atoms with van der Waals surface area (Å²) < 4.78 is 20.9. The fourth-order valence-corrected chi connectivity index (χ4v) is 2.28. The number of anilines is 1. The van der Waals surface area contributed by atoms with Crippen molar-refractivity contribution in [2.45, 2.75) is 13.0 Å². The lowest BCUT2D eigenvalue weighted by Gasteiger charge is -2.22. The van der Waals surface area contributed by atoms with E-state index in [4.69, 9.17) is 4.74 Å². The van der Waals surface area contributed by atoms with Gasteiger partial charge in [0.1, 0.15) is 11.7 Å². The number of hydrogen-bond acceptors (Lipinski definition) is 4. The van der Waals surface area contributed by atoms with Crippen LogP contribution in [-0.2, 0) is 9.53 Å². The Hall–Kier alpha value is -2.25. The highest BCUT2D eigenvalue weighted by Crippen LogP contribution is 2.18. The first-order valence-electron chi connectivity index (χ1n) is 7.06. The topological polar surface area (TPSA) is 68.2 Å². The van der Waals surface area contributed by atoms with Crippen LogP contribution < -0.4 is 10.6 Å². The number of halogens is 1. The van der Waals surface area contributed by atoms with Gasteiger partial charge in [0.25, 0.3) is 0 Å². The Morgan fingerprint density at radius 2 is 2.41 bits per heavy atom. The predicted octanol–water partition coefficient (Wildman–Crippen LogP) is 1.25. The molecular formula is C15H17FN4O2. The number of nitrogens with one attached hydrogen (secondary N) is 2. The molecule has 1 fully saturated rings. The van der Waals surface area contributed by atoms with Gasteiger partial charge in [-0.3, -0.25) is 4.79 Å². The van der Waals surface area contributed by atoms with Crippen molar-refractivity contribution in [1.82, 2.24) is 15.1 Å². The fraction of sp³-hybridized carbons (Fsp3) is 0.333. The summed E-state index contributed by atoms with van der Waals surface area (Å²) >= 11 is 0. The van der Waals surface area contributed by atoms with Gasteiger partial charge < -0.3 is 15.4 Å². The monoisotopic (exact) mass is 304 g/mol. The second-order valence-corrected chi connectivity index (χ2v) is 5.20. The Labute approximate surface area is 127 Å². The lowest BCUT2D eigenvalue weighted by Crippen LogP contribution is -2.48. The molecule has 1 aromatic carbocycles. The van der Waals surface area contributed by atoms with Crippen molar-refractivity contribution >= 4 is 11.6 Å². The standard InChI is InChI=1S/C15H17FN4O2/c1-10-7-18-20(8-10)14-3-2-11(6-12(14)16)19-15(21)13-9-22-5-4-17-13/h2-3,6-8,13,17H,4-5,9H2,1H3,(H,19,21). The molecule has 1 aliphatic heterocycles. The molecule has 1 aromatic heterocycles. The molecule has 6 nitrogen and oxygen atoms in total. The van der Waals surface area contributed by atoms with Gasteiger partial charge in [-0.25, -0.2) is 9.07 Å². The third-order valence-electron chi connectivity index (χ3n) is 3.41. The molecule has 0 aliphatic carbocycles. The van der Waals surface area contributed by atoms with Crippen LogP contribution in [-0.4, -0.2) is 41.5 Å². The molecule has 1 atom stereocenters. The normalized spacial score (nSPS) is 18.2. The second-order valence-electron chi connectivity index (χ2n) is 5.20. The van der Waals surface area contributed by atoms with Crippen molar-refractivity contribution in [3.63, 3.8) is 0 Å². The van der Waals surface area contributed by atoms with E-state index in [0.29, 0.717) is 31.1 Å². The first kappa shape index (κ1) is 14.7. The first-order valence-corrected chi connectivity index (χ1v) is 7.06. The third-order valence-corrected chi connectivity index (χ3v) is 3.41. The largest absolute Gasteiger partial charge is 0.378 e. The van der Waals surface area contributed by atoms with Crippen molar-refractivity contribution in [3.8, 4) is 5.69 Å². The average Bonchev–Trinajstić information content (AvgIpc) is 2.94. The van der Waals surface area contributed by atoms with E-state index in [9.17, 15) is 9.18 Å². The molecule has 7 heteroatoms. The summed E-state index contributed by atoms with van der Waals surface area (Å²) in [5.74, 6) is -0.685. The summed E-state index contributed by atoms with van der Waals surface area (Å²) in [7, 11) is 0. The van der Waals surface area contributed by atoms with E-state index in [1.807, 2.05) is 6.92 Å². The number of morpholine rings is 1. The number of nitrogens with zero attached hydrogens (tertiary/aromatic N) is 2. The van der Waals surface area contributed by atoms with E-state index in [0.717, 1.165) is 5.56 Å². The van der Waals surface area contributed by atoms with Crippen molar-refractivity contribution in [3.05, 3.63) is 42.0 Å². The Bertz CT molecular complexity index is 680. The molecule has 1 saturated heterocycles. The van der Waals surface area contributed by atoms with E-state index in [-0.39, 0.29) is 5.91 Å². The van der Waals surface area contributed by atoms with Crippen LogP contribution in [0.3, 0.4) is 0 Å². The minimum absolute atomic E-state index is 0.234. The van der Waals surface area contributed by atoms with Gasteiger partial charge in [0.15, 0.2) is 5.82 Å². The zero-order valence-electron chi connectivity index (χ0n) is 12.2. The van der Waals surface area contributed by atoms with Gasteiger partial charge in [0.05, 0.1) is 19.4 Å². The van der Waals surface area contributed by atoms with E-state index in [2.05, 4.69) is 15.7 Å². The van der Waals surface area contributed by atoms with Crippen LogP contribution >= 0.6 is 0 Å². The number of aryl methyl sites for hydroxylation is 1. The highest BCUT2D eigenvalue weighted by Gasteiger charge is 2.21. The predicted molar refractivity (Wildman–Crippen MR) is 79.5 cm³/mol. The molecule has 1 amide bonds. The zero-order chi connectivity index (χ0) is 15.5. The van der Waals surface area contributed by atoms with E-state index in [1.165, 1.54) is 10.7 Å². The van der Waals surface area contributed by atoms with Crippen LogP contribution in [0.1, 0.15) is 5.56 Å². The van der Waals surface area contributed by atoms with Crippen LogP contribution in [0.15, 0.2) is 30.6 Å².